The minimum atomic E-state index is -3.31. The van der Waals surface area contributed by atoms with Gasteiger partial charge in [0.2, 0.25) is 10.0 Å². The van der Waals surface area contributed by atoms with Crippen LogP contribution in [0.3, 0.4) is 0 Å². The smallest absolute Gasteiger partial charge is 0.216 e. The summed E-state index contributed by atoms with van der Waals surface area (Å²) in [5, 5.41) is 6.80. The Hall–Kier alpha value is -1.64. The highest BCUT2D eigenvalue weighted by molar-refractivity contribution is 7.88. The Morgan fingerprint density at radius 3 is 2.50 bits per heavy atom. The van der Waals surface area contributed by atoms with Gasteiger partial charge in [0.15, 0.2) is 5.96 Å². The van der Waals surface area contributed by atoms with E-state index in [0.29, 0.717) is 24.8 Å². The number of hydrogen-bond donors (Lipinski definition) is 3. The number of fused-ring (bicyclic) bond motifs is 2. The van der Waals surface area contributed by atoms with Crippen LogP contribution >= 0.6 is 0 Å². The van der Waals surface area contributed by atoms with Gasteiger partial charge in [-0.1, -0.05) is 24.3 Å². The molecule has 28 heavy (non-hydrogen) atoms. The molecule has 3 N–H and O–H groups in total. The van der Waals surface area contributed by atoms with Crippen LogP contribution < -0.4 is 15.4 Å². The van der Waals surface area contributed by atoms with Crippen molar-refractivity contribution < 1.29 is 13.2 Å². The molecule has 0 aromatic heterocycles. The molecule has 3 unspecified atom stereocenters. The first-order valence-corrected chi connectivity index (χ1v) is 11.8. The second-order valence-electron chi connectivity index (χ2n) is 7.90. The highest BCUT2D eigenvalue weighted by Gasteiger charge is 2.41. The van der Waals surface area contributed by atoms with Crippen LogP contribution in [0.5, 0.6) is 0 Å². The van der Waals surface area contributed by atoms with Gasteiger partial charge < -0.3 is 15.4 Å². The predicted octanol–water partition coefficient (Wildman–Crippen LogP) is 1.89. The third-order valence-electron chi connectivity index (χ3n) is 4.99. The normalized spacial score (nSPS) is 24.7. The fourth-order valence-corrected chi connectivity index (χ4v) is 5.25. The van der Waals surface area contributed by atoms with E-state index < -0.39 is 10.0 Å². The van der Waals surface area contributed by atoms with Crippen molar-refractivity contribution in [1.29, 1.82) is 0 Å². The van der Waals surface area contributed by atoms with Crippen LogP contribution in [0.1, 0.15) is 51.2 Å². The molecule has 1 aromatic carbocycles. The summed E-state index contributed by atoms with van der Waals surface area (Å²) in [5.41, 5.74) is 1.81. The van der Waals surface area contributed by atoms with Gasteiger partial charge in [-0.3, -0.25) is 0 Å². The molecule has 2 fully saturated rings. The summed E-state index contributed by atoms with van der Waals surface area (Å²) in [5.74, 6) is 0.792. The van der Waals surface area contributed by atoms with Crippen molar-refractivity contribution in [3.63, 3.8) is 0 Å². The Balaban J connectivity index is 1.57. The largest absolute Gasteiger partial charge is 0.373 e. The molecule has 0 amide bonds. The summed E-state index contributed by atoms with van der Waals surface area (Å²) >= 11 is 0. The van der Waals surface area contributed by atoms with Crippen LogP contribution in [-0.4, -0.2) is 45.2 Å². The topological polar surface area (TPSA) is 91.8 Å². The minimum absolute atomic E-state index is 0.0108. The highest BCUT2D eigenvalue weighted by Crippen LogP contribution is 2.34. The summed E-state index contributed by atoms with van der Waals surface area (Å²) in [4.78, 5) is 4.68. The molecule has 0 saturated carbocycles. The van der Waals surface area contributed by atoms with Crippen LogP contribution in [-0.2, 0) is 27.1 Å². The molecule has 0 aliphatic carbocycles. The van der Waals surface area contributed by atoms with Gasteiger partial charge in [0.1, 0.15) is 0 Å². The monoisotopic (exact) mass is 408 g/mol. The van der Waals surface area contributed by atoms with E-state index in [0.717, 1.165) is 36.5 Å². The molecule has 156 valence electrons. The number of guanidine groups is 1. The lowest BCUT2D eigenvalue weighted by atomic mass is 9.96. The van der Waals surface area contributed by atoms with E-state index in [9.17, 15) is 8.42 Å². The maximum Gasteiger partial charge on any atom is 0.216 e. The third kappa shape index (κ3) is 5.93. The first-order chi connectivity index (χ1) is 13.3. The first kappa shape index (κ1) is 21.1. The zero-order valence-electron chi connectivity index (χ0n) is 16.9. The molecule has 2 saturated heterocycles. The Morgan fingerprint density at radius 2 is 1.93 bits per heavy atom. The standard InChI is InChI=1S/C20H32N4O3S/c1-4-21-20(23-18-11-17-9-10-19(18)27-17)22-12-15-5-7-16(8-6-15)13-28(25,26)24-14(2)3/h5-8,14,17-19,24H,4,9-13H2,1-3H3,(H2,21,22,23). The van der Waals surface area contributed by atoms with Crippen molar-refractivity contribution in [2.24, 2.45) is 4.99 Å². The van der Waals surface area contributed by atoms with Crippen molar-refractivity contribution in [2.45, 2.75) is 76.6 Å². The van der Waals surface area contributed by atoms with Crippen molar-refractivity contribution in [3.05, 3.63) is 35.4 Å². The number of sulfonamides is 1. The summed E-state index contributed by atoms with van der Waals surface area (Å²) in [6, 6.07) is 7.82. The molecule has 2 aliphatic rings. The van der Waals surface area contributed by atoms with Crippen LogP contribution in [0.15, 0.2) is 29.3 Å². The molecule has 0 spiro atoms. The molecular formula is C20H32N4O3S. The van der Waals surface area contributed by atoms with E-state index in [1.807, 2.05) is 38.1 Å². The van der Waals surface area contributed by atoms with Crippen molar-refractivity contribution >= 4 is 16.0 Å². The summed E-state index contributed by atoms with van der Waals surface area (Å²) < 4.78 is 32.6. The Bertz CT molecular complexity index is 777. The van der Waals surface area contributed by atoms with Gasteiger partial charge in [0.05, 0.1) is 30.5 Å². The number of benzene rings is 1. The number of nitrogens with zero attached hydrogens (tertiary/aromatic N) is 1. The first-order valence-electron chi connectivity index (χ1n) is 10.1. The van der Waals surface area contributed by atoms with E-state index in [-0.39, 0.29) is 11.8 Å². The number of nitrogens with one attached hydrogen (secondary N) is 3. The average Bonchev–Trinajstić information content (AvgIpc) is 3.22. The zero-order valence-corrected chi connectivity index (χ0v) is 17.8. The van der Waals surface area contributed by atoms with E-state index in [2.05, 4.69) is 27.3 Å². The molecule has 1 aromatic rings. The van der Waals surface area contributed by atoms with Crippen LogP contribution in [0.2, 0.25) is 0 Å². The Kier molecular flexibility index (Phi) is 6.95. The molecule has 2 bridgehead atoms. The molecule has 2 heterocycles. The third-order valence-corrected chi connectivity index (χ3v) is 6.53. The lowest BCUT2D eigenvalue weighted by Crippen LogP contribution is -2.47. The van der Waals surface area contributed by atoms with Gasteiger partial charge in [-0.05, 0) is 51.2 Å². The molecule has 0 radical (unpaired) electrons. The average molecular weight is 409 g/mol. The second kappa shape index (κ2) is 9.24. The maximum absolute atomic E-state index is 12.0. The van der Waals surface area contributed by atoms with E-state index in [4.69, 9.17) is 4.74 Å². The molecule has 2 aliphatic heterocycles. The number of rotatable bonds is 8. The van der Waals surface area contributed by atoms with Gasteiger partial charge >= 0.3 is 0 Å². The van der Waals surface area contributed by atoms with Gasteiger partial charge in [-0.2, -0.15) is 0 Å². The zero-order chi connectivity index (χ0) is 20.1. The summed E-state index contributed by atoms with van der Waals surface area (Å²) in [7, 11) is -3.31. The van der Waals surface area contributed by atoms with Crippen molar-refractivity contribution in [1.82, 2.24) is 15.4 Å². The minimum Gasteiger partial charge on any atom is -0.373 e. The number of ether oxygens (including phenoxy) is 1. The number of aliphatic imine (C=N–C) groups is 1. The SMILES string of the molecule is CCNC(=NCc1ccc(CS(=O)(=O)NC(C)C)cc1)NC1CC2CCC1O2. The Labute approximate surface area is 168 Å². The summed E-state index contributed by atoms with van der Waals surface area (Å²) in [6.45, 7) is 7.02. The van der Waals surface area contributed by atoms with Gasteiger partial charge in [0.25, 0.3) is 0 Å². The fourth-order valence-electron chi connectivity index (χ4n) is 3.82. The van der Waals surface area contributed by atoms with Gasteiger partial charge in [-0.25, -0.2) is 18.1 Å². The molecule has 3 atom stereocenters. The van der Waals surface area contributed by atoms with E-state index in [1.54, 1.807) is 0 Å². The summed E-state index contributed by atoms with van der Waals surface area (Å²) in [6.07, 6.45) is 4.04. The Morgan fingerprint density at radius 1 is 1.21 bits per heavy atom. The molecular weight excluding hydrogens is 376 g/mol. The van der Waals surface area contributed by atoms with E-state index >= 15 is 0 Å². The quantitative estimate of drug-likeness (QED) is 0.451. The molecule has 8 heteroatoms. The lowest BCUT2D eigenvalue weighted by molar-refractivity contribution is 0.0992. The second-order valence-corrected chi connectivity index (χ2v) is 9.66. The highest BCUT2D eigenvalue weighted by atomic mass is 32.2. The van der Waals surface area contributed by atoms with Crippen molar-refractivity contribution in [2.75, 3.05) is 6.54 Å². The van der Waals surface area contributed by atoms with Gasteiger partial charge in [-0.15, -0.1) is 0 Å². The van der Waals surface area contributed by atoms with Crippen molar-refractivity contribution in [3.8, 4) is 0 Å². The fraction of sp³-hybridized carbons (Fsp3) is 0.650. The maximum atomic E-state index is 12.0. The van der Waals surface area contributed by atoms with Crippen LogP contribution in [0.4, 0.5) is 0 Å². The number of hydrogen-bond acceptors (Lipinski definition) is 4. The lowest BCUT2D eigenvalue weighted by Gasteiger charge is -2.22. The molecule has 3 rings (SSSR count). The van der Waals surface area contributed by atoms with Crippen LogP contribution in [0.25, 0.3) is 0 Å². The van der Waals surface area contributed by atoms with Gasteiger partial charge in [0, 0.05) is 12.6 Å². The predicted molar refractivity (Wildman–Crippen MR) is 112 cm³/mol. The van der Waals surface area contributed by atoms with Crippen LogP contribution in [0, 0.1) is 0 Å². The molecule has 7 nitrogen and oxygen atoms in total. The van der Waals surface area contributed by atoms with E-state index in [1.165, 1.54) is 6.42 Å².